The smallest absolute Gasteiger partial charge is 0.338 e. The number of ether oxygens (including phenoxy) is 2. The van der Waals surface area contributed by atoms with Gasteiger partial charge < -0.3 is 14.8 Å². The van der Waals surface area contributed by atoms with E-state index in [1.54, 1.807) is 0 Å². The lowest BCUT2D eigenvalue weighted by molar-refractivity contribution is -0.129. The molecule has 3 rings (SSSR count). The highest BCUT2D eigenvalue weighted by Gasteiger charge is 2.30. The molecule has 0 spiro atoms. The number of halogens is 1. The van der Waals surface area contributed by atoms with Crippen LogP contribution in [0.5, 0.6) is 0 Å². The zero-order valence-electron chi connectivity index (χ0n) is 17.8. The average Bonchev–Trinajstić information content (AvgIpc) is 2.80. The van der Waals surface area contributed by atoms with Gasteiger partial charge >= 0.3 is 5.97 Å². The maximum absolute atomic E-state index is 12.9. The molecule has 0 radical (unpaired) electrons. The van der Waals surface area contributed by atoms with E-state index < -0.39 is 28.0 Å². The van der Waals surface area contributed by atoms with Crippen LogP contribution < -0.4 is 5.32 Å². The van der Waals surface area contributed by atoms with Crippen molar-refractivity contribution in [3.63, 3.8) is 0 Å². The van der Waals surface area contributed by atoms with Gasteiger partial charge in [-0.05, 0) is 37.6 Å². The van der Waals surface area contributed by atoms with Crippen LogP contribution in [0.2, 0.25) is 5.02 Å². The summed E-state index contributed by atoms with van der Waals surface area (Å²) >= 11 is 6.12. The third-order valence-corrected chi connectivity index (χ3v) is 7.45. The summed E-state index contributed by atoms with van der Waals surface area (Å²) in [7, 11) is -3.91. The minimum atomic E-state index is -3.91. The number of benzene rings is 2. The van der Waals surface area contributed by atoms with E-state index in [9.17, 15) is 18.0 Å². The van der Waals surface area contributed by atoms with Gasteiger partial charge in [0.25, 0.3) is 5.91 Å². The predicted molar refractivity (Wildman–Crippen MR) is 119 cm³/mol. The first-order chi connectivity index (χ1) is 15.2. The molecule has 1 aliphatic heterocycles. The summed E-state index contributed by atoms with van der Waals surface area (Å²) in [5.41, 5.74) is 0.895. The fourth-order valence-corrected chi connectivity index (χ4v) is 5.10. The van der Waals surface area contributed by atoms with Crippen LogP contribution in [0.3, 0.4) is 0 Å². The highest BCUT2D eigenvalue weighted by Crippen LogP contribution is 2.27. The van der Waals surface area contributed by atoms with Gasteiger partial charge in [0.15, 0.2) is 6.10 Å². The van der Waals surface area contributed by atoms with Crippen molar-refractivity contribution in [2.45, 2.75) is 30.9 Å². The number of carbonyl (C=O) groups is 2. The maximum atomic E-state index is 12.9. The van der Waals surface area contributed by atoms with Crippen molar-refractivity contribution in [3.8, 4) is 0 Å². The molecule has 1 amide bonds. The second-order valence-corrected chi connectivity index (χ2v) is 9.66. The average molecular weight is 481 g/mol. The largest absolute Gasteiger partial charge is 0.449 e. The predicted octanol–water partition coefficient (Wildman–Crippen LogP) is 2.78. The van der Waals surface area contributed by atoms with Crippen molar-refractivity contribution in [2.75, 3.05) is 26.3 Å². The molecule has 0 bridgehead atoms. The highest BCUT2D eigenvalue weighted by atomic mass is 35.5. The Morgan fingerprint density at radius 3 is 2.41 bits per heavy atom. The Morgan fingerprint density at radius 2 is 1.75 bits per heavy atom. The summed E-state index contributed by atoms with van der Waals surface area (Å²) in [5, 5.41) is 2.78. The van der Waals surface area contributed by atoms with Gasteiger partial charge in [-0.15, -0.1) is 0 Å². The van der Waals surface area contributed by atoms with Crippen molar-refractivity contribution >= 4 is 33.5 Å². The summed E-state index contributed by atoms with van der Waals surface area (Å²) in [6.07, 6.45) is -1.08. The van der Waals surface area contributed by atoms with Gasteiger partial charge in [-0.3, -0.25) is 4.79 Å². The molecular weight excluding hydrogens is 456 g/mol. The summed E-state index contributed by atoms with van der Waals surface area (Å²) < 4.78 is 37.6. The molecular formula is C22H25ClN2O6S. The van der Waals surface area contributed by atoms with Gasteiger partial charge in [-0.2, -0.15) is 4.31 Å². The molecule has 0 saturated carbocycles. The summed E-state index contributed by atoms with van der Waals surface area (Å²) in [5.74, 6) is -1.29. The van der Waals surface area contributed by atoms with Crippen LogP contribution in [0.1, 0.15) is 35.8 Å². The number of amides is 1. The molecule has 32 heavy (non-hydrogen) atoms. The third kappa shape index (κ3) is 5.66. The lowest BCUT2D eigenvalue weighted by Gasteiger charge is -2.26. The SMILES string of the molecule is CC(OC(=O)c1ccc(Cl)c(S(=O)(=O)N2CCOCC2)c1)C(=O)NC(C)c1ccccc1. The molecule has 1 aliphatic rings. The molecule has 10 heteroatoms. The van der Waals surface area contributed by atoms with Crippen LogP contribution in [-0.2, 0) is 24.3 Å². The van der Waals surface area contributed by atoms with Crippen LogP contribution in [0.15, 0.2) is 53.4 Å². The molecule has 1 fully saturated rings. The molecule has 0 aliphatic carbocycles. The molecule has 2 aromatic carbocycles. The lowest BCUT2D eigenvalue weighted by Crippen LogP contribution is -2.40. The fourth-order valence-electron chi connectivity index (χ4n) is 3.19. The quantitative estimate of drug-likeness (QED) is 0.611. The Hall–Kier alpha value is -2.46. The lowest BCUT2D eigenvalue weighted by atomic mass is 10.1. The fraction of sp³-hybridized carbons (Fsp3) is 0.364. The second-order valence-electron chi connectivity index (χ2n) is 7.35. The topological polar surface area (TPSA) is 102 Å². The normalized spacial score (nSPS) is 16.7. The van der Waals surface area contributed by atoms with Crippen molar-refractivity contribution in [1.29, 1.82) is 0 Å². The minimum Gasteiger partial charge on any atom is -0.449 e. The van der Waals surface area contributed by atoms with Gasteiger partial charge in [0.1, 0.15) is 4.90 Å². The first kappa shape index (κ1) is 24.2. The Morgan fingerprint density at radius 1 is 1.09 bits per heavy atom. The molecule has 1 saturated heterocycles. The van der Waals surface area contributed by atoms with Crippen molar-refractivity contribution < 1.29 is 27.5 Å². The molecule has 1 N–H and O–H groups in total. The number of hydrogen-bond donors (Lipinski definition) is 1. The van der Waals surface area contributed by atoms with E-state index >= 15 is 0 Å². The van der Waals surface area contributed by atoms with Crippen LogP contribution in [0.4, 0.5) is 0 Å². The number of nitrogens with zero attached hydrogens (tertiary/aromatic N) is 1. The zero-order chi connectivity index (χ0) is 23.3. The first-order valence-corrected chi connectivity index (χ1v) is 12.0. The van der Waals surface area contributed by atoms with E-state index in [4.69, 9.17) is 21.1 Å². The molecule has 8 nitrogen and oxygen atoms in total. The molecule has 2 aromatic rings. The van der Waals surface area contributed by atoms with Crippen LogP contribution in [0, 0.1) is 0 Å². The van der Waals surface area contributed by atoms with Crippen LogP contribution in [0.25, 0.3) is 0 Å². The highest BCUT2D eigenvalue weighted by molar-refractivity contribution is 7.89. The maximum Gasteiger partial charge on any atom is 0.338 e. The van der Waals surface area contributed by atoms with Gasteiger partial charge in [0, 0.05) is 13.1 Å². The number of esters is 1. The number of morpholine rings is 1. The Balaban J connectivity index is 1.69. The summed E-state index contributed by atoms with van der Waals surface area (Å²) in [4.78, 5) is 24.9. The van der Waals surface area contributed by atoms with Gasteiger partial charge in [0.05, 0.1) is 29.8 Å². The van der Waals surface area contributed by atoms with Crippen LogP contribution in [-0.4, -0.2) is 57.0 Å². The van der Waals surface area contributed by atoms with Gasteiger partial charge in [-0.25, -0.2) is 13.2 Å². The van der Waals surface area contributed by atoms with Crippen molar-refractivity contribution in [3.05, 3.63) is 64.7 Å². The summed E-state index contributed by atoms with van der Waals surface area (Å²) in [6, 6.07) is 13.0. The monoisotopic (exact) mass is 480 g/mol. The van der Waals surface area contributed by atoms with Crippen molar-refractivity contribution in [1.82, 2.24) is 9.62 Å². The molecule has 1 heterocycles. The number of nitrogens with one attached hydrogen (secondary N) is 1. The number of hydrogen-bond acceptors (Lipinski definition) is 6. The Kier molecular flexibility index (Phi) is 7.89. The van der Waals surface area contributed by atoms with Crippen molar-refractivity contribution in [2.24, 2.45) is 0 Å². The van der Waals surface area contributed by atoms with E-state index in [2.05, 4.69) is 5.32 Å². The zero-order valence-corrected chi connectivity index (χ0v) is 19.4. The van der Waals surface area contributed by atoms with Gasteiger partial charge in [0.2, 0.25) is 10.0 Å². The molecule has 0 aromatic heterocycles. The number of carbonyl (C=O) groups excluding carboxylic acids is 2. The van der Waals surface area contributed by atoms with Crippen LogP contribution >= 0.6 is 11.6 Å². The number of sulfonamides is 1. The molecule has 2 unspecified atom stereocenters. The Labute approximate surface area is 192 Å². The van der Waals surface area contributed by atoms with Gasteiger partial charge in [-0.1, -0.05) is 41.9 Å². The van der Waals surface area contributed by atoms with E-state index in [1.165, 1.54) is 29.4 Å². The van der Waals surface area contributed by atoms with E-state index in [-0.39, 0.29) is 47.8 Å². The number of rotatable bonds is 7. The standard InChI is InChI=1S/C22H25ClN2O6S/c1-15(17-6-4-3-5-7-17)24-21(26)16(2)31-22(27)18-8-9-19(23)20(14-18)32(28,29)25-10-12-30-13-11-25/h3-9,14-16H,10-13H2,1-2H3,(H,24,26). The first-order valence-electron chi connectivity index (χ1n) is 10.1. The molecule has 2 atom stereocenters. The summed E-state index contributed by atoms with van der Waals surface area (Å²) in [6.45, 7) is 4.24. The minimum absolute atomic E-state index is 0.00415. The molecule has 172 valence electrons. The van der Waals surface area contributed by atoms with E-state index in [0.717, 1.165) is 5.56 Å². The second kappa shape index (κ2) is 10.4. The van der Waals surface area contributed by atoms with E-state index in [0.29, 0.717) is 0 Å². The third-order valence-electron chi connectivity index (χ3n) is 5.07. The van der Waals surface area contributed by atoms with E-state index in [1.807, 2.05) is 37.3 Å². The Bertz CT molecular complexity index is 1070.